The molecule has 3 fully saturated rings. The third kappa shape index (κ3) is 10.1. The Kier molecular flexibility index (Phi) is 13.2. The Morgan fingerprint density at radius 2 is 1.51 bits per heavy atom. The molecule has 1 N–H and O–H groups in total. The summed E-state index contributed by atoms with van der Waals surface area (Å²) in [6, 6.07) is 22.0. The first-order valence-corrected chi connectivity index (χ1v) is 20.2. The third-order valence-corrected chi connectivity index (χ3v) is 12.9. The summed E-state index contributed by atoms with van der Waals surface area (Å²) in [5, 5.41) is 12.5. The van der Waals surface area contributed by atoms with Crippen LogP contribution in [0.1, 0.15) is 146 Å². The second-order valence-electron chi connectivity index (χ2n) is 18.7. The Hall–Kier alpha value is -3.02. The zero-order chi connectivity index (χ0) is 39.1. The number of halogens is 3. The van der Waals surface area contributed by atoms with Crippen LogP contribution in [0.2, 0.25) is 0 Å². The number of aliphatic hydroxyl groups is 1. The quantitative estimate of drug-likeness (QED) is 0.126. The summed E-state index contributed by atoms with van der Waals surface area (Å²) in [5.74, 6) is -2.13. The Balaban J connectivity index is 0.000000307. The second kappa shape index (κ2) is 16.8. The van der Waals surface area contributed by atoms with Crippen LogP contribution in [0.25, 0.3) is 32.9 Å². The minimum absolute atomic E-state index is 0. The fourth-order valence-corrected chi connectivity index (χ4v) is 9.46. The largest absolute Gasteiger partial charge is 0.504 e. The zero-order valence-corrected chi connectivity index (χ0v) is 36.2. The van der Waals surface area contributed by atoms with Crippen LogP contribution < -0.4 is 0 Å². The SMILES string of the molecule is Cc1cc(C)c2c(C3CCC4(CC3)CCC(C)(C)CC4)cc(-c3[c-]c4ccccc4c(C(C)(C)C)c3)nc2c1.O=C(/C=C(\O)C(F)(F)F)C1CCCCC1.[Ir]. The maximum Gasteiger partial charge on any atom is 0.448 e. The summed E-state index contributed by atoms with van der Waals surface area (Å²) in [5.41, 5.74) is 10.1. The van der Waals surface area contributed by atoms with Gasteiger partial charge in [-0.3, -0.25) is 9.78 Å². The maximum absolute atomic E-state index is 11.9. The number of carbonyl (C=O) groups is 1. The molecule has 0 atom stereocenters. The van der Waals surface area contributed by atoms with E-state index in [0.717, 1.165) is 36.0 Å². The molecule has 299 valence electrons. The van der Waals surface area contributed by atoms with E-state index in [1.54, 1.807) is 0 Å². The van der Waals surface area contributed by atoms with Crippen molar-refractivity contribution < 1.29 is 43.2 Å². The van der Waals surface area contributed by atoms with Gasteiger partial charge in [0, 0.05) is 43.2 Å². The van der Waals surface area contributed by atoms with Crippen LogP contribution >= 0.6 is 0 Å². The molecule has 0 saturated heterocycles. The van der Waals surface area contributed by atoms with E-state index in [-0.39, 0.29) is 31.4 Å². The molecular formula is C48H59F3IrNO2-. The minimum atomic E-state index is -4.82. The van der Waals surface area contributed by atoms with Gasteiger partial charge in [0.25, 0.3) is 0 Å². The van der Waals surface area contributed by atoms with Gasteiger partial charge in [-0.15, -0.1) is 29.1 Å². The molecule has 1 aromatic heterocycles. The van der Waals surface area contributed by atoms with Crippen molar-refractivity contribution in [1.29, 1.82) is 0 Å². The van der Waals surface area contributed by atoms with Crippen molar-refractivity contribution in [3.05, 3.63) is 88.7 Å². The molecule has 3 aliphatic rings. The van der Waals surface area contributed by atoms with Gasteiger partial charge in [-0.05, 0) is 123 Å². The number of aliphatic hydroxyl groups excluding tert-OH is 1. The van der Waals surface area contributed by atoms with Gasteiger partial charge in [0.1, 0.15) is 0 Å². The van der Waals surface area contributed by atoms with E-state index in [1.807, 2.05) is 0 Å². The van der Waals surface area contributed by atoms with Crippen LogP contribution in [-0.2, 0) is 30.3 Å². The number of nitrogens with zero attached hydrogens (tertiary/aromatic N) is 1. The predicted molar refractivity (Wildman–Crippen MR) is 216 cm³/mol. The number of aromatic nitrogens is 1. The number of ketones is 1. The summed E-state index contributed by atoms with van der Waals surface area (Å²) in [7, 11) is 0. The Bertz CT molecular complexity index is 2010. The molecule has 3 saturated carbocycles. The summed E-state index contributed by atoms with van der Waals surface area (Å²) in [4.78, 5) is 16.6. The van der Waals surface area contributed by atoms with E-state index >= 15 is 0 Å². The molecule has 0 aliphatic heterocycles. The average Bonchev–Trinajstić information content (AvgIpc) is 3.12. The van der Waals surface area contributed by atoms with Crippen LogP contribution in [0.15, 0.2) is 60.4 Å². The fraction of sp³-hybridized carbons (Fsp3) is 0.542. The van der Waals surface area contributed by atoms with Crippen molar-refractivity contribution in [3.63, 3.8) is 0 Å². The predicted octanol–water partition coefficient (Wildman–Crippen LogP) is 14.2. The van der Waals surface area contributed by atoms with Crippen LogP contribution in [0.3, 0.4) is 0 Å². The van der Waals surface area contributed by atoms with E-state index in [1.165, 1.54) is 89.8 Å². The Morgan fingerprint density at radius 3 is 2.13 bits per heavy atom. The molecule has 1 spiro atoms. The van der Waals surface area contributed by atoms with Gasteiger partial charge < -0.3 is 5.11 Å². The van der Waals surface area contributed by atoms with Crippen molar-refractivity contribution in [2.45, 2.75) is 149 Å². The molecule has 7 heteroatoms. The van der Waals surface area contributed by atoms with Gasteiger partial charge >= 0.3 is 6.18 Å². The van der Waals surface area contributed by atoms with E-state index in [0.29, 0.717) is 35.7 Å². The smallest absolute Gasteiger partial charge is 0.448 e. The Labute approximate surface area is 340 Å². The third-order valence-electron chi connectivity index (χ3n) is 12.9. The number of hydrogen-bond acceptors (Lipinski definition) is 3. The zero-order valence-electron chi connectivity index (χ0n) is 33.8. The molecule has 1 radical (unpaired) electrons. The molecule has 1 heterocycles. The molecule has 0 amide bonds. The molecule has 0 bridgehead atoms. The van der Waals surface area contributed by atoms with Crippen LogP contribution in [0.4, 0.5) is 13.2 Å². The van der Waals surface area contributed by atoms with Crippen molar-refractivity contribution >= 4 is 27.5 Å². The number of alkyl halides is 3. The standard InChI is InChI=1S/C38H46N.C10H13F3O2.Ir/c1-25-20-26(2)35-31(27-12-14-38(15-13-27)18-16-37(6,7)17-19-38)24-33(39-34(35)21-25)29-22-28-10-8-9-11-30(28)32(23-29)36(3,4)5;11-10(12,13)9(15)6-8(14)7-4-2-1-3-5-7;/h8-11,20-21,23-24,27H,12-19H2,1-7H3;6-7,15H,1-5H2;/q-1;;/b;9-6-;. The number of benzene rings is 3. The van der Waals surface area contributed by atoms with Crippen LogP contribution in [0, 0.1) is 36.7 Å². The average molecular weight is 931 g/mol. The monoisotopic (exact) mass is 931 g/mol. The Morgan fingerprint density at radius 1 is 0.873 bits per heavy atom. The van der Waals surface area contributed by atoms with Gasteiger partial charge in [0.05, 0.1) is 5.52 Å². The maximum atomic E-state index is 11.9. The first kappa shape index (κ1) is 43.1. The van der Waals surface area contributed by atoms with Crippen molar-refractivity contribution in [2.75, 3.05) is 0 Å². The number of rotatable bonds is 4. The van der Waals surface area contributed by atoms with Crippen LogP contribution in [-0.4, -0.2) is 22.1 Å². The molecule has 3 nitrogen and oxygen atoms in total. The summed E-state index contributed by atoms with van der Waals surface area (Å²) >= 11 is 0. The van der Waals surface area contributed by atoms with Gasteiger partial charge in [-0.1, -0.05) is 95.2 Å². The molecule has 55 heavy (non-hydrogen) atoms. The van der Waals surface area contributed by atoms with E-state index in [9.17, 15) is 18.0 Å². The van der Waals surface area contributed by atoms with E-state index in [4.69, 9.17) is 10.1 Å². The molecule has 4 aromatic rings. The summed E-state index contributed by atoms with van der Waals surface area (Å²) in [6.07, 6.45) is 10.5. The summed E-state index contributed by atoms with van der Waals surface area (Å²) < 4.78 is 35.7. The number of hydrogen-bond donors (Lipinski definition) is 1. The number of fused-ring (bicyclic) bond motifs is 2. The number of allylic oxidation sites excluding steroid dienone is 2. The van der Waals surface area contributed by atoms with Crippen molar-refractivity contribution in [3.8, 4) is 11.3 Å². The summed E-state index contributed by atoms with van der Waals surface area (Å²) in [6.45, 7) is 16.4. The number of aryl methyl sites for hydroxylation is 2. The van der Waals surface area contributed by atoms with Gasteiger partial charge in [-0.25, -0.2) is 0 Å². The van der Waals surface area contributed by atoms with Gasteiger partial charge in [0.2, 0.25) is 5.76 Å². The van der Waals surface area contributed by atoms with Crippen LogP contribution in [0.5, 0.6) is 0 Å². The van der Waals surface area contributed by atoms with E-state index < -0.39 is 17.7 Å². The molecule has 3 aliphatic carbocycles. The fourth-order valence-electron chi connectivity index (χ4n) is 9.46. The first-order chi connectivity index (χ1) is 25.3. The molecular weight excluding hydrogens is 872 g/mol. The van der Waals surface area contributed by atoms with Gasteiger partial charge in [0.15, 0.2) is 5.78 Å². The first-order valence-electron chi connectivity index (χ1n) is 20.2. The molecule has 7 rings (SSSR count). The van der Waals surface area contributed by atoms with E-state index in [2.05, 4.69) is 103 Å². The van der Waals surface area contributed by atoms with Crippen molar-refractivity contribution in [2.24, 2.45) is 16.7 Å². The molecule has 0 unspecified atom stereocenters. The topological polar surface area (TPSA) is 50.2 Å². The molecule has 3 aromatic carbocycles. The number of pyridine rings is 1. The normalized spacial score (nSPS) is 19.5. The second-order valence-corrected chi connectivity index (χ2v) is 18.7. The van der Waals surface area contributed by atoms with Gasteiger partial charge in [-0.2, -0.15) is 13.2 Å². The minimum Gasteiger partial charge on any atom is -0.504 e. The number of carbonyl (C=O) groups excluding carboxylic acids is 1. The van der Waals surface area contributed by atoms with Crippen molar-refractivity contribution in [1.82, 2.24) is 4.98 Å².